The Hall–Kier alpha value is -1.77. The molecule has 0 aliphatic carbocycles. The van der Waals surface area contributed by atoms with Gasteiger partial charge in [0.1, 0.15) is 0 Å². The summed E-state index contributed by atoms with van der Waals surface area (Å²) >= 11 is 0. The van der Waals surface area contributed by atoms with Crippen LogP contribution in [0, 0.1) is 13.8 Å². The number of para-hydroxylation sites is 1. The first-order valence-corrected chi connectivity index (χ1v) is 5.33. The molecule has 0 spiro atoms. The topological polar surface area (TPSA) is 41.1 Å². The third kappa shape index (κ3) is 3.42. The molecule has 0 heterocycles. The summed E-state index contributed by atoms with van der Waals surface area (Å²) < 4.78 is 0. The fraction of sp³-hybridized carbons (Fsp3) is 0.308. The summed E-state index contributed by atoms with van der Waals surface area (Å²) in [4.78, 5) is 11.4. The van der Waals surface area contributed by atoms with Crippen molar-refractivity contribution in [2.45, 2.75) is 13.8 Å². The third-order valence-corrected chi connectivity index (χ3v) is 2.35. The Morgan fingerprint density at radius 2 is 2.00 bits per heavy atom. The van der Waals surface area contributed by atoms with Crippen LogP contribution in [-0.4, -0.2) is 19.0 Å². The average Bonchev–Trinajstić information content (AvgIpc) is 2.25. The van der Waals surface area contributed by atoms with E-state index in [1.807, 2.05) is 32.0 Å². The van der Waals surface area contributed by atoms with Crippen molar-refractivity contribution in [2.75, 3.05) is 18.4 Å². The van der Waals surface area contributed by atoms with Crippen molar-refractivity contribution < 1.29 is 4.79 Å². The first-order chi connectivity index (χ1) is 7.65. The molecule has 86 valence electrons. The van der Waals surface area contributed by atoms with Crippen LogP contribution < -0.4 is 10.6 Å². The molecular weight excluding hydrogens is 200 g/mol. The highest BCUT2D eigenvalue weighted by Crippen LogP contribution is 2.18. The van der Waals surface area contributed by atoms with Gasteiger partial charge in [0.25, 0.3) is 0 Å². The van der Waals surface area contributed by atoms with E-state index in [2.05, 4.69) is 17.2 Å². The Kier molecular flexibility index (Phi) is 4.58. The number of hydrogen-bond acceptors (Lipinski definition) is 2. The first-order valence-electron chi connectivity index (χ1n) is 5.33. The normalized spacial score (nSPS) is 9.62. The summed E-state index contributed by atoms with van der Waals surface area (Å²) in [5.74, 6) is -0.0254. The van der Waals surface area contributed by atoms with Gasteiger partial charge in [-0.2, -0.15) is 0 Å². The molecule has 3 heteroatoms. The van der Waals surface area contributed by atoms with E-state index in [9.17, 15) is 4.79 Å². The largest absolute Gasteiger partial charge is 0.376 e. The van der Waals surface area contributed by atoms with E-state index in [0.717, 1.165) is 16.8 Å². The smallest absolute Gasteiger partial charge is 0.239 e. The monoisotopic (exact) mass is 218 g/mol. The Balaban J connectivity index is 2.54. The number of nitrogens with one attached hydrogen (secondary N) is 2. The minimum absolute atomic E-state index is 0.0254. The van der Waals surface area contributed by atoms with Gasteiger partial charge in [0, 0.05) is 12.2 Å². The second-order valence-corrected chi connectivity index (χ2v) is 3.71. The molecule has 0 saturated heterocycles. The zero-order chi connectivity index (χ0) is 12.0. The van der Waals surface area contributed by atoms with Crippen molar-refractivity contribution in [1.29, 1.82) is 0 Å². The maximum Gasteiger partial charge on any atom is 0.239 e. The Labute approximate surface area is 96.6 Å². The fourth-order valence-electron chi connectivity index (χ4n) is 1.51. The quantitative estimate of drug-likeness (QED) is 0.742. The van der Waals surface area contributed by atoms with E-state index in [4.69, 9.17) is 0 Å². The molecule has 1 amide bonds. The number of anilines is 1. The highest BCUT2D eigenvalue weighted by Gasteiger charge is 2.03. The molecule has 16 heavy (non-hydrogen) atoms. The van der Waals surface area contributed by atoms with Crippen molar-refractivity contribution in [3.05, 3.63) is 42.0 Å². The molecule has 0 saturated carbocycles. The lowest BCUT2D eigenvalue weighted by atomic mass is 10.1. The number of carbonyl (C=O) groups is 1. The van der Waals surface area contributed by atoms with Gasteiger partial charge in [-0.25, -0.2) is 0 Å². The predicted molar refractivity (Wildman–Crippen MR) is 67.6 cm³/mol. The Bertz CT molecular complexity index is 365. The van der Waals surface area contributed by atoms with Crippen molar-refractivity contribution in [3.63, 3.8) is 0 Å². The molecule has 0 aromatic heterocycles. The molecule has 0 radical (unpaired) electrons. The fourth-order valence-corrected chi connectivity index (χ4v) is 1.51. The summed E-state index contributed by atoms with van der Waals surface area (Å²) in [5.41, 5.74) is 3.34. The van der Waals surface area contributed by atoms with Gasteiger partial charge in [-0.05, 0) is 25.0 Å². The molecule has 0 aliphatic rings. The van der Waals surface area contributed by atoms with E-state index < -0.39 is 0 Å². The van der Waals surface area contributed by atoms with Crippen LogP contribution in [0.25, 0.3) is 0 Å². The van der Waals surface area contributed by atoms with Crippen LogP contribution in [0.3, 0.4) is 0 Å². The average molecular weight is 218 g/mol. The van der Waals surface area contributed by atoms with Gasteiger partial charge in [0.05, 0.1) is 6.54 Å². The molecule has 1 aromatic carbocycles. The third-order valence-electron chi connectivity index (χ3n) is 2.35. The van der Waals surface area contributed by atoms with Crippen LogP contribution in [0.15, 0.2) is 30.9 Å². The van der Waals surface area contributed by atoms with Crippen LogP contribution in [0.4, 0.5) is 5.69 Å². The SMILES string of the molecule is C=CCNC(=O)CNc1c(C)cccc1C. The van der Waals surface area contributed by atoms with Crippen LogP contribution >= 0.6 is 0 Å². The predicted octanol–water partition coefficient (Wildman–Crippen LogP) is 2.02. The lowest BCUT2D eigenvalue weighted by molar-refractivity contribution is -0.119. The maximum absolute atomic E-state index is 11.4. The number of aryl methyl sites for hydroxylation is 2. The van der Waals surface area contributed by atoms with Gasteiger partial charge in [-0.15, -0.1) is 6.58 Å². The van der Waals surface area contributed by atoms with E-state index in [-0.39, 0.29) is 5.91 Å². The Morgan fingerprint density at radius 3 is 2.56 bits per heavy atom. The van der Waals surface area contributed by atoms with E-state index in [1.165, 1.54) is 0 Å². The minimum atomic E-state index is -0.0254. The van der Waals surface area contributed by atoms with Crippen molar-refractivity contribution in [1.82, 2.24) is 5.32 Å². The summed E-state index contributed by atoms with van der Waals surface area (Å²) in [6, 6.07) is 6.06. The number of amides is 1. The van der Waals surface area contributed by atoms with E-state index in [0.29, 0.717) is 13.1 Å². The summed E-state index contributed by atoms with van der Waals surface area (Å²) in [6.45, 7) is 8.39. The number of rotatable bonds is 5. The molecule has 0 atom stereocenters. The second kappa shape index (κ2) is 5.95. The van der Waals surface area contributed by atoms with Gasteiger partial charge >= 0.3 is 0 Å². The van der Waals surface area contributed by atoms with Gasteiger partial charge in [0.15, 0.2) is 0 Å². The lowest BCUT2D eigenvalue weighted by Gasteiger charge is -2.12. The number of benzene rings is 1. The molecule has 2 N–H and O–H groups in total. The second-order valence-electron chi connectivity index (χ2n) is 3.71. The molecule has 1 rings (SSSR count). The van der Waals surface area contributed by atoms with Crippen molar-refractivity contribution >= 4 is 11.6 Å². The van der Waals surface area contributed by atoms with Crippen LogP contribution in [0.1, 0.15) is 11.1 Å². The highest BCUT2D eigenvalue weighted by atomic mass is 16.1. The first kappa shape index (κ1) is 12.3. The van der Waals surface area contributed by atoms with Gasteiger partial charge in [-0.1, -0.05) is 24.3 Å². The molecule has 1 aromatic rings. The van der Waals surface area contributed by atoms with Gasteiger partial charge in [-0.3, -0.25) is 4.79 Å². The molecule has 0 unspecified atom stereocenters. The summed E-state index contributed by atoms with van der Waals surface area (Å²) in [6.07, 6.45) is 1.66. The Morgan fingerprint density at radius 1 is 1.38 bits per heavy atom. The summed E-state index contributed by atoms with van der Waals surface area (Å²) in [7, 11) is 0. The molecule has 0 bridgehead atoms. The van der Waals surface area contributed by atoms with Crippen molar-refractivity contribution in [3.8, 4) is 0 Å². The number of hydrogen-bond donors (Lipinski definition) is 2. The van der Waals surface area contributed by atoms with Crippen LogP contribution in [0.5, 0.6) is 0 Å². The van der Waals surface area contributed by atoms with Crippen LogP contribution in [0.2, 0.25) is 0 Å². The molecule has 0 fully saturated rings. The lowest BCUT2D eigenvalue weighted by Crippen LogP contribution is -2.30. The van der Waals surface area contributed by atoms with Gasteiger partial charge in [0.2, 0.25) is 5.91 Å². The van der Waals surface area contributed by atoms with Gasteiger partial charge < -0.3 is 10.6 Å². The summed E-state index contributed by atoms with van der Waals surface area (Å²) in [5, 5.41) is 5.87. The van der Waals surface area contributed by atoms with Crippen LogP contribution in [-0.2, 0) is 4.79 Å². The van der Waals surface area contributed by atoms with E-state index >= 15 is 0 Å². The van der Waals surface area contributed by atoms with Crippen molar-refractivity contribution in [2.24, 2.45) is 0 Å². The van der Waals surface area contributed by atoms with E-state index in [1.54, 1.807) is 6.08 Å². The zero-order valence-electron chi connectivity index (χ0n) is 9.84. The minimum Gasteiger partial charge on any atom is -0.376 e. The zero-order valence-corrected chi connectivity index (χ0v) is 9.84. The standard InChI is InChI=1S/C13H18N2O/c1-4-8-14-12(16)9-15-13-10(2)6-5-7-11(13)3/h4-7,15H,1,8-9H2,2-3H3,(H,14,16). The number of carbonyl (C=O) groups excluding carboxylic acids is 1. The highest BCUT2D eigenvalue weighted by molar-refractivity contribution is 5.81. The maximum atomic E-state index is 11.4. The molecule has 3 nitrogen and oxygen atoms in total. The molecular formula is C13H18N2O. The molecule has 0 aliphatic heterocycles.